The standard InChI is InChI=1S/C14H14BrFN2O/c1-19-14-6-10(2-3-18-14)8-17-9-11-4-12(15)7-13(16)5-11/h2-7,17H,8-9H2,1H3. The van der Waals surface area contributed by atoms with E-state index in [1.165, 1.54) is 12.1 Å². The molecule has 0 aliphatic heterocycles. The Bertz CT molecular complexity index is 543. The molecule has 0 spiro atoms. The number of nitrogens with one attached hydrogen (secondary N) is 1. The maximum absolute atomic E-state index is 13.2. The van der Waals surface area contributed by atoms with E-state index >= 15 is 0 Å². The number of hydrogen-bond donors (Lipinski definition) is 1. The van der Waals surface area contributed by atoms with Gasteiger partial charge in [0.15, 0.2) is 0 Å². The lowest BCUT2D eigenvalue weighted by Crippen LogP contribution is -2.13. The number of rotatable bonds is 5. The summed E-state index contributed by atoms with van der Waals surface area (Å²) in [5, 5.41) is 3.25. The Morgan fingerprint density at radius 1 is 1.21 bits per heavy atom. The lowest BCUT2D eigenvalue weighted by molar-refractivity contribution is 0.397. The van der Waals surface area contributed by atoms with Crippen molar-refractivity contribution >= 4 is 15.9 Å². The summed E-state index contributed by atoms with van der Waals surface area (Å²) in [6.45, 7) is 1.27. The van der Waals surface area contributed by atoms with E-state index in [1.807, 2.05) is 18.2 Å². The number of benzene rings is 1. The molecule has 0 amide bonds. The van der Waals surface area contributed by atoms with E-state index < -0.39 is 0 Å². The largest absolute Gasteiger partial charge is 0.481 e. The van der Waals surface area contributed by atoms with Crippen LogP contribution in [0.2, 0.25) is 0 Å². The summed E-state index contributed by atoms with van der Waals surface area (Å²) in [5.74, 6) is 0.351. The third-order valence-electron chi connectivity index (χ3n) is 2.59. The number of methoxy groups -OCH3 is 1. The Labute approximate surface area is 119 Å². The van der Waals surface area contributed by atoms with Crippen molar-refractivity contribution in [3.8, 4) is 5.88 Å². The van der Waals surface area contributed by atoms with E-state index in [-0.39, 0.29) is 5.82 Å². The van der Waals surface area contributed by atoms with Crippen molar-refractivity contribution in [2.45, 2.75) is 13.1 Å². The quantitative estimate of drug-likeness (QED) is 0.916. The second kappa shape index (κ2) is 6.63. The lowest BCUT2D eigenvalue weighted by atomic mass is 10.2. The van der Waals surface area contributed by atoms with Gasteiger partial charge >= 0.3 is 0 Å². The highest BCUT2D eigenvalue weighted by Gasteiger charge is 2.00. The van der Waals surface area contributed by atoms with Crippen LogP contribution in [0.1, 0.15) is 11.1 Å². The molecule has 2 rings (SSSR count). The summed E-state index contributed by atoms with van der Waals surface area (Å²) in [6, 6.07) is 8.64. The first-order valence-electron chi connectivity index (χ1n) is 5.82. The number of halogens is 2. The maximum atomic E-state index is 13.2. The van der Waals surface area contributed by atoms with Crippen LogP contribution in [0.5, 0.6) is 5.88 Å². The van der Waals surface area contributed by atoms with Crippen LogP contribution in [0, 0.1) is 5.82 Å². The summed E-state index contributed by atoms with van der Waals surface area (Å²) in [4.78, 5) is 4.04. The molecule has 3 nitrogen and oxygen atoms in total. The molecule has 1 aromatic carbocycles. The number of pyridine rings is 1. The second-order valence-corrected chi connectivity index (χ2v) is 5.00. The van der Waals surface area contributed by atoms with Gasteiger partial charge in [-0.05, 0) is 35.4 Å². The molecule has 0 fully saturated rings. The van der Waals surface area contributed by atoms with Crippen molar-refractivity contribution in [2.75, 3.05) is 7.11 Å². The molecule has 19 heavy (non-hydrogen) atoms. The SMILES string of the molecule is COc1cc(CNCc2cc(F)cc(Br)c2)ccn1. The Balaban J connectivity index is 1.92. The van der Waals surface area contributed by atoms with Crippen molar-refractivity contribution in [1.29, 1.82) is 0 Å². The normalized spacial score (nSPS) is 10.5. The van der Waals surface area contributed by atoms with Crippen molar-refractivity contribution < 1.29 is 9.13 Å². The van der Waals surface area contributed by atoms with E-state index in [0.717, 1.165) is 15.6 Å². The molecule has 0 atom stereocenters. The molecule has 0 saturated carbocycles. The maximum Gasteiger partial charge on any atom is 0.213 e. The Morgan fingerprint density at radius 3 is 2.74 bits per heavy atom. The fourth-order valence-corrected chi connectivity index (χ4v) is 2.25. The number of aromatic nitrogens is 1. The van der Waals surface area contributed by atoms with Crippen molar-refractivity contribution in [1.82, 2.24) is 10.3 Å². The van der Waals surface area contributed by atoms with Gasteiger partial charge in [-0.25, -0.2) is 9.37 Å². The van der Waals surface area contributed by atoms with E-state index in [2.05, 4.69) is 26.2 Å². The Hall–Kier alpha value is -1.46. The molecule has 1 aromatic heterocycles. The first-order valence-corrected chi connectivity index (χ1v) is 6.61. The first kappa shape index (κ1) is 14.0. The van der Waals surface area contributed by atoms with Crippen LogP contribution in [-0.2, 0) is 13.1 Å². The molecule has 0 unspecified atom stereocenters. The fourth-order valence-electron chi connectivity index (χ4n) is 1.74. The van der Waals surface area contributed by atoms with Gasteiger partial charge in [-0.1, -0.05) is 15.9 Å². The summed E-state index contributed by atoms with van der Waals surface area (Å²) < 4.78 is 19.0. The highest BCUT2D eigenvalue weighted by atomic mass is 79.9. The minimum atomic E-state index is -0.239. The van der Waals surface area contributed by atoms with Crippen LogP contribution in [0.15, 0.2) is 41.0 Å². The Morgan fingerprint density at radius 2 is 2.00 bits per heavy atom. The van der Waals surface area contributed by atoms with Gasteiger partial charge in [0.25, 0.3) is 0 Å². The van der Waals surface area contributed by atoms with Crippen molar-refractivity contribution in [3.63, 3.8) is 0 Å². The van der Waals surface area contributed by atoms with Gasteiger partial charge in [0.2, 0.25) is 5.88 Å². The molecule has 0 aliphatic rings. The van der Waals surface area contributed by atoms with Gasteiger partial charge < -0.3 is 10.1 Å². The molecule has 0 aliphatic carbocycles. The molecule has 1 heterocycles. The molecule has 5 heteroatoms. The van der Waals surface area contributed by atoms with Gasteiger partial charge in [0.05, 0.1) is 7.11 Å². The molecule has 0 radical (unpaired) electrons. The van der Waals surface area contributed by atoms with Crippen molar-refractivity contribution in [3.05, 3.63) is 57.9 Å². The molecule has 0 saturated heterocycles. The zero-order valence-electron chi connectivity index (χ0n) is 10.5. The predicted octanol–water partition coefficient (Wildman–Crippen LogP) is 3.28. The zero-order chi connectivity index (χ0) is 13.7. The van der Waals surface area contributed by atoms with E-state index in [9.17, 15) is 4.39 Å². The van der Waals surface area contributed by atoms with Crippen LogP contribution in [0.3, 0.4) is 0 Å². The van der Waals surface area contributed by atoms with Gasteiger partial charge in [-0.15, -0.1) is 0 Å². The predicted molar refractivity (Wildman–Crippen MR) is 75.4 cm³/mol. The highest BCUT2D eigenvalue weighted by Crippen LogP contribution is 2.15. The summed E-state index contributed by atoms with van der Waals surface area (Å²) >= 11 is 3.28. The fraction of sp³-hybridized carbons (Fsp3) is 0.214. The van der Waals surface area contributed by atoms with E-state index in [0.29, 0.717) is 19.0 Å². The second-order valence-electron chi connectivity index (χ2n) is 4.09. The van der Waals surface area contributed by atoms with Crippen LogP contribution in [0.25, 0.3) is 0 Å². The van der Waals surface area contributed by atoms with Gasteiger partial charge in [0, 0.05) is 29.8 Å². The first-order chi connectivity index (χ1) is 9.17. The van der Waals surface area contributed by atoms with Gasteiger partial charge in [-0.3, -0.25) is 0 Å². The van der Waals surface area contributed by atoms with Gasteiger partial charge in [0.1, 0.15) is 5.82 Å². The summed E-state index contributed by atoms with van der Waals surface area (Å²) in [5.41, 5.74) is 1.97. The molecule has 2 aromatic rings. The van der Waals surface area contributed by atoms with Crippen LogP contribution in [-0.4, -0.2) is 12.1 Å². The van der Waals surface area contributed by atoms with Crippen LogP contribution in [0.4, 0.5) is 4.39 Å². The Kier molecular flexibility index (Phi) is 4.87. The van der Waals surface area contributed by atoms with Crippen LogP contribution >= 0.6 is 15.9 Å². The van der Waals surface area contributed by atoms with E-state index in [1.54, 1.807) is 13.3 Å². The molecule has 1 N–H and O–H groups in total. The lowest BCUT2D eigenvalue weighted by Gasteiger charge is -2.07. The average molecular weight is 325 g/mol. The van der Waals surface area contributed by atoms with Crippen molar-refractivity contribution in [2.24, 2.45) is 0 Å². The molecular weight excluding hydrogens is 311 g/mol. The van der Waals surface area contributed by atoms with Gasteiger partial charge in [-0.2, -0.15) is 0 Å². The molecule has 100 valence electrons. The number of hydrogen-bond acceptors (Lipinski definition) is 3. The topological polar surface area (TPSA) is 34.1 Å². The summed E-state index contributed by atoms with van der Waals surface area (Å²) in [7, 11) is 1.59. The minimum Gasteiger partial charge on any atom is -0.481 e. The number of nitrogens with zero attached hydrogens (tertiary/aromatic N) is 1. The zero-order valence-corrected chi connectivity index (χ0v) is 12.1. The molecular formula is C14H14BrFN2O. The van der Waals surface area contributed by atoms with Crippen LogP contribution < -0.4 is 10.1 Å². The minimum absolute atomic E-state index is 0.239. The third-order valence-corrected chi connectivity index (χ3v) is 3.05. The third kappa shape index (κ3) is 4.29. The smallest absolute Gasteiger partial charge is 0.213 e. The monoisotopic (exact) mass is 324 g/mol. The van der Waals surface area contributed by atoms with E-state index in [4.69, 9.17) is 4.74 Å². The molecule has 0 bridgehead atoms. The summed E-state index contributed by atoms with van der Waals surface area (Å²) in [6.07, 6.45) is 1.70. The number of ether oxygens (including phenoxy) is 1. The highest BCUT2D eigenvalue weighted by molar-refractivity contribution is 9.10. The average Bonchev–Trinajstić information content (AvgIpc) is 2.38.